The summed E-state index contributed by atoms with van der Waals surface area (Å²) >= 11 is 7.45. The van der Waals surface area contributed by atoms with Crippen LogP contribution in [-0.4, -0.2) is 30.3 Å². The summed E-state index contributed by atoms with van der Waals surface area (Å²) in [5.41, 5.74) is -0.828. The minimum atomic E-state index is -4.72. The van der Waals surface area contributed by atoms with Gasteiger partial charge in [-0.05, 0) is 17.5 Å². The fraction of sp³-hybridized carbons (Fsp3) is 0.176. The Labute approximate surface area is 170 Å². The molecule has 0 fully saturated rings. The van der Waals surface area contributed by atoms with Gasteiger partial charge in [-0.1, -0.05) is 17.7 Å². The van der Waals surface area contributed by atoms with Crippen LogP contribution in [0.4, 0.5) is 13.2 Å². The lowest BCUT2D eigenvalue weighted by molar-refractivity contribution is -0.142. The molecule has 0 saturated carbocycles. The van der Waals surface area contributed by atoms with Crippen LogP contribution in [0.15, 0.2) is 36.0 Å². The van der Waals surface area contributed by atoms with Gasteiger partial charge in [0.1, 0.15) is 5.02 Å². The number of nitrogens with zero attached hydrogens (tertiary/aromatic N) is 5. The van der Waals surface area contributed by atoms with Gasteiger partial charge in [0, 0.05) is 25.4 Å². The van der Waals surface area contributed by atoms with Gasteiger partial charge in [-0.3, -0.25) is 9.48 Å². The first kappa shape index (κ1) is 19.4. The Kier molecular flexibility index (Phi) is 4.79. The Hall–Kier alpha value is -2.92. The van der Waals surface area contributed by atoms with E-state index in [1.165, 1.54) is 11.3 Å². The molecular formula is C17H12ClF3N6OS. The average molecular weight is 441 g/mol. The van der Waals surface area contributed by atoms with Crippen LogP contribution >= 0.6 is 22.9 Å². The molecule has 0 spiro atoms. The number of fused-ring (bicyclic) bond motifs is 1. The molecular weight excluding hydrogens is 429 g/mol. The number of halogens is 4. The quantitative estimate of drug-likeness (QED) is 0.523. The molecule has 0 unspecified atom stereocenters. The highest BCUT2D eigenvalue weighted by atomic mass is 35.5. The Morgan fingerprint density at radius 3 is 2.79 bits per heavy atom. The van der Waals surface area contributed by atoms with E-state index in [1.807, 2.05) is 0 Å². The second-order valence-electron chi connectivity index (χ2n) is 6.10. The summed E-state index contributed by atoms with van der Waals surface area (Å²) in [6.45, 7) is 0.122. The van der Waals surface area contributed by atoms with Crippen LogP contribution in [-0.2, 0) is 19.8 Å². The van der Waals surface area contributed by atoms with E-state index in [2.05, 4.69) is 20.5 Å². The van der Waals surface area contributed by atoms with E-state index in [4.69, 9.17) is 11.6 Å². The molecule has 4 aromatic rings. The summed E-state index contributed by atoms with van der Waals surface area (Å²) in [5, 5.41) is 11.8. The van der Waals surface area contributed by atoms with Gasteiger partial charge in [-0.25, -0.2) is 9.50 Å². The molecule has 0 atom stereocenters. The van der Waals surface area contributed by atoms with Gasteiger partial charge in [-0.2, -0.15) is 23.4 Å². The van der Waals surface area contributed by atoms with E-state index in [0.717, 1.165) is 11.6 Å². The zero-order valence-electron chi connectivity index (χ0n) is 14.7. The second kappa shape index (κ2) is 7.16. The number of rotatable bonds is 4. The van der Waals surface area contributed by atoms with Crippen molar-refractivity contribution in [3.05, 3.63) is 57.9 Å². The number of amides is 1. The van der Waals surface area contributed by atoms with Crippen molar-refractivity contribution < 1.29 is 18.0 Å². The highest BCUT2D eigenvalue weighted by molar-refractivity contribution is 7.13. The van der Waals surface area contributed by atoms with Crippen LogP contribution in [0.3, 0.4) is 0 Å². The SMILES string of the molecule is Cn1cc(CNC(=O)c2nn3c(C(F)(F)F)cc(-c4cccs4)nc3c2Cl)cn1. The number of hydrogen-bond donors (Lipinski definition) is 1. The molecule has 0 bridgehead atoms. The van der Waals surface area contributed by atoms with Crippen LogP contribution in [0, 0.1) is 0 Å². The van der Waals surface area contributed by atoms with Crippen molar-refractivity contribution in [1.29, 1.82) is 0 Å². The normalized spacial score (nSPS) is 11.9. The largest absolute Gasteiger partial charge is 0.433 e. The molecule has 7 nitrogen and oxygen atoms in total. The summed E-state index contributed by atoms with van der Waals surface area (Å²) < 4.78 is 43.0. The predicted molar refractivity (Wildman–Crippen MR) is 101 cm³/mol. The zero-order chi connectivity index (χ0) is 20.8. The molecule has 0 aliphatic carbocycles. The van der Waals surface area contributed by atoms with Gasteiger partial charge in [0.05, 0.1) is 16.8 Å². The maximum atomic E-state index is 13.6. The number of thiophene rings is 1. The van der Waals surface area contributed by atoms with E-state index in [9.17, 15) is 18.0 Å². The van der Waals surface area contributed by atoms with Gasteiger partial charge in [-0.15, -0.1) is 11.3 Å². The molecule has 150 valence electrons. The third kappa shape index (κ3) is 3.70. The lowest BCUT2D eigenvalue weighted by Gasteiger charge is -2.10. The first-order chi connectivity index (χ1) is 13.7. The van der Waals surface area contributed by atoms with Crippen LogP contribution in [0.25, 0.3) is 16.2 Å². The highest BCUT2D eigenvalue weighted by Crippen LogP contribution is 2.35. The predicted octanol–water partition coefficient (Wildman–Crippen LogP) is 3.79. The average Bonchev–Trinajstić information content (AvgIpc) is 3.39. The minimum absolute atomic E-state index is 0.101. The standard InChI is InChI=1S/C17H12ClF3N6OS/c1-26-8-9(7-23-26)6-22-16(28)14-13(18)15-24-10(11-3-2-4-29-11)5-12(17(19,20)21)27(15)25-14/h2-5,7-8H,6H2,1H3,(H,22,28). The molecule has 12 heteroatoms. The van der Waals surface area contributed by atoms with Crippen molar-refractivity contribution in [2.24, 2.45) is 7.05 Å². The first-order valence-corrected chi connectivity index (χ1v) is 9.46. The van der Waals surface area contributed by atoms with Gasteiger partial charge in [0.2, 0.25) is 0 Å². The highest BCUT2D eigenvalue weighted by Gasteiger charge is 2.36. The summed E-state index contributed by atoms with van der Waals surface area (Å²) in [5.74, 6) is -0.713. The molecule has 0 radical (unpaired) electrons. The molecule has 1 N–H and O–H groups in total. The molecule has 4 aromatic heterocycles. The number of carbonyl (C=O) groups excluding carboxylic acids is 1. The summed E-state index contributed by atoms with van der Waals surface area (Å²) in [7, 11) is 1.72. The zero-order valence-corrected chi connectivity index (χ0v) is 16.3. The summed E-state index contributed by atoms with van der Waals surface area (Å²) in [4.78, 5) is 17.2. The van der Waals surface area contributed by atoms with E-state index >= 15 is 0 Å². The molecule has 29 heavy (non-hydrogen) atoms. The second-order valence-corrected chi connectivity index (χ2v) is 7.43. The number of aromatic nitrogens is 5. The van der Waals surface area contributed by atoms with Gasteiger partial charge < -0.3 is 5.32 Å². The van der Waals surface area contributed by atoms with Crippen molar-refractivity contribution >= 4 is 34.5 Å². The molecule has 0 saturated heterocycles. The number of hydrogen-bond acceptors (Lipinski definition) is 5. The fourth-order valence-electron chi connectivity index (χ4n) is 2.72. The number of nitrogens with one attached hydrogen (secondary N) is 1. The van der Waals surface area contributed by atoms with Crippen LogP contribution < -0.4 is 5.32 Å². The topological polar surface area (TPSA) is 77.1 Å². The Morgan fingerprint density at radius 1 is 1.38 bits per heavy atom. The first-order valence-electron chi connectivity index (χ1n) is 8.20. The minimum Gasteiger partial charge on any atom is -0.346 e. The third-order valence-electron chi connectivity index (χ3n) is 4.02. The number of aryl methyl sites for hydroxylation is 1. The summed E-state index contributed by atoms with van der Waals surface area (Å²) in [6, 6.07) is 4.24. The monoisotopic (exact) mass is 440 g/mol. The fourth-order valence-corrected chi connectivity index (χ4v) is 3.65. The Morgan fingerprint density at radius 2 is 2.17 bits per heavy atom. The maximum Gasteiger partial charge on any atom is 0.433 e. The number of alkyl halides is 3. The van der Waals surface area contributed by atoms with E-state index in [0.29, 0.717) is 9.39 Å². The van der Waals surface area contributed by atoms with Crippen molar-refractivity contribution in [3.8, 4) is 10.6 Å². The van der Waals surface area contributed by atoms with Gasteiger partial charge >= 0.3 is 6.18 Å². The van der Waals surface area contributed by atoms with Crippen LogP contribution in [0.2, 0.25) is 5.02 Å². The molecule has 0 aliphatic heterocycles. The van der Waals surface area contributed by atoms with Gasteiger partial charge in [0.15, 0.2) is 17.0 Å². The lowest BCUT2D eigenvalue weighted by Crippen LogP contribution is -2.23. The van der Waals surface area contributed by atoms with E-state index < -0.39 is 17.8 Å². The Balaban J connectivity index is 1.76. The van der Waals surface area contributed by atoms with E-state index in [-0.39, 0.29) is 28.6 Å². The van der Waals surface area contributed by atoms with E-state index in [1.54, 1.807) is 41.6 Å². The molecule has 4 heterocycles. The lowest BCUT2D eigenvalue weighted by atomic mass is 10.2. The summed E-state index contributed by atoms with van der Waals surface area (Å²) in [6.07, 6.45) is -1.46. The van der Waals surface area contributed by atoms with Crippen LogP contribution in [0.5, 0.6) is 0 Å². The third-order valence-corrected chi connectivity index (χ3v) is 5.26. The Bertz CT molecular complexity index is 1200. The van der Waals surface area contributed by atoms with Crippen molar-refractivity contribution in [1.82, 2.24) is 29.7 Å². The van der Waals surface area contributed by atoms with Crippen molar-refractivity contribution in [3.63, 3.8) is 0 Å². The molecule has 0 aliphatic rings. The molecule has 4 rings (SSSR count). The van der Waals surface area contributed by atoms with Crippen LogP contribution in [0.1, 0.15) is 21.7 Å². The van der Waals surface area contributed by atoms with Crippen molar-refractivity contribution in [2.45, 2.75) is 12.7 Å². The smallest absolute Gasteiger partial charge is 0.346 e. The molecule has 0 aromatic carbocycles. The van der Waals surface area contributed by atoms with Crippen molar-refractivity contribution in [2.75, 3.05) is 0 Å². The number of carbonyl (C=O) groups is 1. The van der Waals surface area contributed by atoms with Gasteiger partial charge in [0.25, 0.3) is 5.91 Å². The molecule has 1 amide bonds. The maximum absolute atomic E-state index is 13.6.